The van der Waals surface area contributed by atoms with Crippen LogP contribution in [0.4, 0.5) is 0 Å². The standard InChI is InChI=1S/C21H25N3OS/c1-5-16(13-22-6-2)19-12-18(15(3)11-21(19)25-4)20-7-9-23-24(20)17-8-10-26-14-17/h5,7-10,12-15H,6,11H2,1-4H3/b16-5+,22-13?. The molecule has 1 unspecified atom stereocenters. The fourth-order valence-electron chi connectivity index (χ4n) is 3.23. The molecule has 0 N–H and O–H groups in total. The summed E-state index contributed by atoms with van der Waals surface area (Å²) in [5.74, 6) is 1.36. The van der Waals surface area contributed by atoms with Crippen molar-refractivity contribution in [2.75, 3.05) is 13.7 Å². The Hall–Kier alpha value is -2.40. The summed E-state index contributed by atoms with van der Waals surface area (Å²) < 4.78 is 7.73. The number of allylic oxidation sites excluding steroid dienone is 6. The van der Waals surface area contributed by atoms with Crippen molar-refractivity contribution in [2.45, 2.75) is 27.2 Å². The van der Waals surface area contributed by atoms with E-state index in [1.165, 1.54) is 5.57 Å². The van der Waals surface area contributed by atoms with Crippen LogP contribution in [0.1, 0.15) is 32.9 Å². The molecule has 26 heavy (non-hydrogen) atoms. The van der Waals surface area contributed by atoms with Crippen LogP contribution in [0, 0.1) is 5.92 Å². The molecule has 0 spiro atoms. The summed E-state index contributed by atoms with van der Waals surface area (Å²) in [5.41, 5.74) is 5.71. The minimum Gasteiger partial charge on any atom is -0.500 e. The molecule has 1 aliphatic rings. The highest BCUT2D eigenvalue weighted by Crippen LogP contribution is 2.38. The normalized spacial score (nSPS) is 18.5. The minimum absolute atomic E-state index is 0.351. The molecule has 0 radical (unpaired) electrons. The highest BCUT2D eigenvalue weighted by atomic mass is 32.1. The maximum absolute atomic E-state index is 5.72. The molecule has 3 rings (SSSR count). The second-order valence-electron chi connectivity index (χ2n) is 6.23. The van der Waals surface area contributed by atoms with Gasteiger partial charge in [-0.15, -0.1) is 0 Å². The van der Waals surface area contributed by atoms with Gasteiger partial charge in [-0.1, -0.05) is 13.0 Å². The van der Waals surface area contributed by atoms with Gasteiger partial charge in [0.2, 0.25) is 0 Å². The van der Waals surface area contributed by atoms with Crippen molar-refractivity contribution in [3.63, 3.8) is 0 Å². The number of aromatic nitrogens is 2. The van der Waals surface area contributed by atoms with E-state index in [9.17, 15) is 0 Å². The van der Waals surface area contributed by atoms with Crippen LogP contribution in [0.2, 0.25) is 0 Å². The molecular weight excluding hydrogens is 342 g/mol. The number of rotatable bonds is 6. The number of hydrogen-bond acceptors (Lipinski definition) is 4. The number of thiophene rings is 1. The van der Waals surface area contributed by atoms with Crippen LogP contribution in [0.25, 0.3) is 11.3 Å². The van der Waals surface area contributed by atoms with E-state index in [0.29, 0.717) is 5.92 Å². The molecule has 0 aromatic carbocycles. The van der Waals surface area contributed by atoms with Gasteiger partial charge in [-0.05, 0) is 54.5 Å². The number of nitrogens with zero attached hydrogens (tertiary/aromatic N) is 3. The third-order valence-corrected chi connectivity index (χ3v) is 5.26. The van der Waals surface area contributed by atoms with Crippen molar-refractivity contribution in [3.05, 3.63) is 63.8 Å². The predicted molar refractivity (Wildman–Crippen MR) is 110 cm³/mol. The van der Waals surface area contributed by atoms with Crippen molar-refractivity contribution in [3.8, 4) is 5.69 Å². The monoisotopic (exact) mass is 367 g/mol. The van der Waals surface area contributed by atoms with Gasteiger partial charge < -0.3 is 4.74 Å². The van der Waals surface area contributed by atoms with Gasteiger partial charge >= 0.3 is 0 Å². The number of methoxy groups -OCH3 is 1. The van der Waals surface area contributed by atoms with E-state index in [4.69, 9.17) is 4.74 Å². The molecule has 0 saturated heterocycles. The molecule has 5 heteroatoms. The maximum Gasteiger partial charge on any atom is 0.104 e. The maximum atomic E-state index is 5.72. The fourth-order valence-corrected chi connectivity index (χ4v) is 3.85. The van der Waals surface area contributed by atoms with E-state index >= 15 is 0 Å². The summed E-state index contributed by atoms with van der Waals surface area (Å²) in [6.07, 6.45) is 9.00. The van der Waals surface area contributed by atoms with Gasteiger partial charge in [0, 0.05) is 30.1 Å². The molecule has 2 heterocycles. The predicted octanol–water partition coefficient (Wildman–Crippen LogP) is 5.29. The zero-order valence-electron chi connectivity index (χ0n) is 15.8. The Labute approximate surface area is 159 Å². The van der Waals surface area contributed by atoms with Crippen molar-refractivity contribution in [2.24, 2.45) is 10.9 Å². The first-order valence-electron chi connectivity index (χ1n) is 8.91. The quantitative estimate of drug-likeness (QED) is 0.650. The Morgan fingerprint density at radius 2 is 2.31 bits per heavy atom. The van der Waals surface area contributed by atoms with E-state index < -0.39 is 0 Å². The Kier molecular flexibility index (Phi) is 5.89. The topological polar surface area (TPSA) is 39.4 Å². The summed E-state index contributed by atoms with van der Waals surface area (Å²) in [7, 11) is 1.75. The number of aliphatic imine (C=N–C) groups is 1. The Morgan fingerprint density at radius 1 is 1.46 bits per heavy atom. The van der Waals surface area contributed by atoms with Gasteiger partial charge in [-0.3, -0.25) is 4.99 Å². The summed E-state index contributed by atoms with van der Waals surface area (Å²) in [6, 6.07) is 4.18. The van der Waals surface area contributed by atoms with E-state index in [1.807, 2.05) is 30.9 Å². The highest BCUT2D eigenvalue weighted by Gasteiger charge is 2.25. The lowest BCUT2D eigenvalue weighted by Crippen LogP contribution is -2.13. The van der Waals surface area contributed by atoms with E-state index in [1.54, 1.807) is 18.4 Å². The SMILES string of the molecule is C/C=C(\C=NCC)C1=C(OC)CC(C)C(c2ccnn2-c2ccsc2)=C1. The first-order valence-corrected chi connectivity index (χ1v) is 9.86. The highest BCUT2D eigenvalue weighted by molar-refractivity contribution is 7.08. The van der Waals surface area contributed by atoms with Crippen LogP contribution >= 0.6 is 11.3 Å². The minimum atomic E-state index is 0.351. The summed E-state index contributed by atoms with van der Waals surface area (Å²) in [4.78, 5) is 4.42. The average Bonchev–Trinajstić information content (AvgIpc) is 3.34. The van der Waals surface area contributed by atoms with Crippen LogP contribution < -0.4 is 0 Å². The first-order chi connectivity index (χ1) is 12.7. The van der Waals surface area contributed by atoms with Crippen LogP contribution in [0.3, 0.4) is 0 Å². The zero-order valence-corrected chi connectivity index (χ0v) is 16.6. The van der Waals surface area contributed by atoms with E-state index in [-0.39, 0.29) is 0 Å². The van der Waals surface area contributed by atoms with Gasteiger partial charge in [-0.25, -0.2) is 4.68 Å². The smallest absolute Gasteiger partial charge is 0.104 e. The van der Waals surface area contributed by atoms with Crippen molar-refractivity contribution in [1.82, 2.24) is 9.78 Å². The first kappa shape index (κ1) is 18.4. The van der Waals surface area contributed by atoms with Gasteiger partial charge in [-0.2, -0.15) is 16.4 Å². The largest absolute Gasteiger partial charge is 0.500 e. The van der Waals surface area contributed by atoms with Crippen molar-refractivity contribution < 1.29 is 4.74 Å². The summed E-state index contributed by atoms with van der Waals surface area (Å²) >= 11 is 1.68. The third kappa shape index (κ3) is 3.58. The van der Waals surface area contributed by atoms with Crippen LogP contribution in [-0.4, -0.2) is 29.6 Å². The van der Waals surface area contributed by atoms with Crippen LogP contribution in [0.15, 0.2) is 63.1 Å². The van der Waals surface area contributed by atoms with E-state index in [2.05, 4.69) is 52.1 Å². The van der Waals surface area contributed by atoms with Crippen molar-refractivity contribution >= 4 is 23.1 Å². The van der Waals surface area contributed by atoms with Gasteiger partial charge in [0.25, 0.3) is 0 Å². The average molecular weight is 368 g/mol. The van der Waals surface area contributed by atoms with Crippen molar-refractivity contribution in [1.29, 1.82) is 0 Å². The second-order valence-corrected chi connectivity index (χ2v) is 7.01. The molecule has 1 aliphatic carbocycles. The molecule has 0 amide bonds. The molecular formula is C21H25N3OS. The number of hydrogen-bond donors (Lipinski definition) is 0. The summed E-state index contributed by atoms with van der Waals surface area (Å²) in [6.45, 7) is 7.09. The Balaban J connectivity index is 2.09. The van der Waals surface area contributed by atoms with Gasteiger partial charge in [0.15, 0.2) is 0 Å². The second kappa shape index (κ2) is 8.32. The number of ether oxygens (including phenoxy) is 1. The molecule has 0 saturated carbocycles. The third-order valence-electron chi connectivity index (χ3n) is 4.59. The molecule has 4 nitrogen and oxygen atoms in total. The molecule has 0 bridgehead atoms. The molecule has 136 valence electrons. The molecule has 0 fully saturated rings. The lowest BCUT2D eigenvalue weighted by molar-refractivity contribution is 0.265. The molecule has 0 aliphatic heterocycles. The lowest BCUT2D eigenvalue weighted by atomic mass is 9.84. The lowest BCUT2D eigenvalue weighted by Gasteiger charge is -2.25. The zero-order chi connectivity index (χ0) is 18.5. The van der Waals surface area contributed by atoms with Crippen LogP contribution in [-0.2, 0) is 4.74 Å². The van der Waals surface area contributed by atoms with E-state index in [0.717, 1.165) is 41.3 Å². The Morgan fingerprint density at radius 3 is 2.96 bits per heavy atom. The fraction of sp³-hybridized carbons (Fsp3) is 0.333. The molecule has 2 aromatic heterocycles. The molecule has 1 atom stereocenters. The summed E-state index contributed by atoms with van der Waals surface area (Å²) in [5, 5.41) is 8.74. The van der Waals surface area contributed by atoms with Crippen LogP contribution in [0.5, 0.6) is 0 Å². The molecule has 2 aromatic rings. The van der Waals surface area contributed by atoms with Gasteiger partial charge in [0.05, 0.1) is 24.7 Å². The van der Waals surface area contributed by atoms with Gasteiger partial charge in [0.1, 0.15) is 5.76 Å². The Bertz CT molecular complexity index is 869.